The van der Waals surface area contributed by atoms with Crippen molar-refractivity contribution >= 4 is 17.7 Å². The van der Waals surface area contributed by atoms with E-state index in [1.165, 1.54) is 7.11 Å². The largest absolute Gasteiger partial charge is 0.479 e. The lowest BCUT2D eigenvalue weighted by Gasteiger charge is -2.12. The highest BCUT2D eigenvalue weighted by Gasteiger charge is 2.17. The lowest BCUT2D eigenvalue weighted by molar-refractivity contribution is -0.147. The molecule has 0 spiro atoms. The second-order valence-electron chi connectivity index (χ2n) is 3.55. The molecule has 1 aromatic rings. The fourth-order valence-electron chi connectivity index (χ4n) is 1.31. The number of benzene rings is 1. The Morgan fingerprint density at radius 1 is 1.47 bits per heavy atom. The van der Waals surface area contributed by atoms with E-state index in [9.17, 15) is 9.59 Å². The maximum Gasteiger partial charge on any atom is 0.334 e. The topological polar surface area (TPSA) is 111 Å². The van der Waals surface area contributed by atoms with E-state index < -0.39 is 18.1 Å². The minimum atomic E-state index is -1.17. The van der Waals surface area contributed by atoms with Gasteiger partial charge < -0.3 is 20.5 Å². The fourth-order valence-corrected chi connectivity index (χ4v) is 1.31. The molecular formula is C12H13N3O4. The predicted octanol–water partition coefficient (Wildman–Crippen LogP) is 0.779. The number of carbonyl (C=O) groups is 2. The van der Waals surface area contributed by atoms with Crippen molar-refractivity contribution in [1.82, 2.24) is 5.32 Å². The monoisotopic (exact) mass is 263 g/mol. The Balaban J connectivity index is 2.57. The van der Waals surface area contributed by atoms with Gasteiger partial charge in [-0.15, -0.1) is 0 Å². The van der Waals surface area contributed by atoms with Crippen molar-refractivity contribution < 1.29 is 19.4 Å². The van der Waals surface area contributed by atoms with Crippen molar-refractivity contribution in [2.75, 3.05) is 19.0 Å². The van der Waals surface area contributed by atoms with E-state index in [1.807, 2.05) is 6.07 Å². The molecule has 0 aliphatic rings. The number of rotatable bonds is 5. The smallest absolute Gasteiger partial charge is 0.334 e. The summed E-state index contributed by atoms with van der Waals surface area (Å²) in [6.45, 7) is -0.174. The van der Waals surface area contributed by atoms with Gasteiger partial charge in [0.1, 0.15) is 6.07 Å². The molecule has 0 aliphatic heterocycles. The van der Waals surface area contributed by atoms with E-state index >= 15 is 0 Å². The first-order chi connectivity index (χ1) is 9.08. The molecule has 0 radical (unpaired) electrons. The second-order valence-corrected chi connectivity index (χ2v) is 3.55. The number of amides is 2. The molecule has 0 aliphatic carbocycles. The molecule has 3 N–H and O–H groups in total. The second kappa shape index (κ2) is 6.98. The van der Waals surface area contributed by atoms with E-state index in [4.69, 9.17) is 10.4 Å². The number of nitrogens with zero attached hydrogens (tertiary/aromatic N) is 1. The average molecular weight is 263 g/mol. The number of carboxylic acids is 1. The minimum absolute atomic E-state index is 0.174. The van der Waals surface area contributed by atoms with Crippen molar-refractivity contribution in [3.8, 4) is 6.07 Å². The molecule has 1 aromatic carbocycles. The minimum Gasteiger partial charge on any atom is -0.479 e. The van der Waals surface area contributed by atoms with Gasteiger partial charge in [0.25, 0.3) is 0 Å². The summed E-state index contributed by atoms with van der Waals surface area (Å²) in [5.41, 5.74) is 0.672. The number of hydrogen-bond donors (Lipinski definition) is 3. The van der Waals surface area contributed by atoms with Gasteiger partial charge in [-0.05, 0) is 12.1 Å². The quantitative estimate of drug-likeness (QED) is 0.726. The van der Waals surface area contributed by atoms with Gasteiger partial charge in [0.05, 0.1) is 17.8 Å². The van der Waals surface area contributed by atoms with Crippen molar-refractivity contribution in [2.45, 2.75) is 6.10 Å². The predicted molar refractivity (Wildman–Crippen MR) is 66.6 cm³/mol. The van der Waals surface area contributed by atoms with Crippen LogP contribution in [0.3, 0.4) is 0 Å². The fraction of sp³-hybridized carbons (Fsp3) is 0.250. The summed E-state index contributed by atoms with van der Waals surface area (Å²) in [6, 6.07) is 7.81. The van der Waals surface area contributed by atoms with Crippen LogP contribution in [0.2, 0.25) is 0 Å². The van der Waals surface area contributed by atoms with Crippen LogP contribution in [-0.2, 0) is 9.53 Å². The van der Waals surface area contributed by atoms with Gasteiger partial charge in [-0.2, -0.15) is 5.26 Å². The van der Waals surface area contributed by atoms with Crippen LogP contribution in [0.5, 0.6) is 0 Å². The number of para-hydroxylation sites is 1. The van der Waals surface area contributed by atoms with Crippen molar-refractivity contribution in [2.24, 2.45) is 0 Å². The van der Waals surface area contributed by atoms with E-state index in [0.717, 1.165) is 0 Å². The van der Waals surface area contributed by atoms with Crippen molar-refractivity contribution in [3.05, 3.63) is 29.8 Å². The lowest BCUT2D eigenvalue weighted by Crippen LogP contribution is -2.39. The molecule has 2 amide bonds. The standard InChI is InChI=1S/C12H13N3O4/c1-19-10(11(16)17)7-14-12(18)15-9-5-3-2-4-8(9)6-13/h2-5,10H,7H2,1H3,(H,16,17)(H2,14,15,18). The number of nitrogens with one attached hydrogen (secondary N) is 2. The molecule has 100 valence electrons. The van der Waals surface area contributed by atoms with E-state index in [0.29, 0.717) is 11.3 Å². The van der Waals surface area contributed by atoms with Crippen LogP contribution in [0.25, 0.3) is 0 Å². The zero-order valence-corrected chi connectivity index (χ0v) is 10.2. The molecule has 7 heteroatoms. The van der Waals surface area contributed by atoms with Crippen LogP contribution < -0.4 is 10.6 Å². The summed E-state index contributed by atoms with van der Waals surface area (Å²) in [4.78, 5) is 22.2. The Kier molecular flexibility index (Phi) is 5.32. The lowest BCUT2D eigenvalue weighted by atomic mass is 10.2. The normalized spacial score (nSPS) is 11.2. The van der Waals surface area contributed by atoms with Gasteiger partial charge >= 0.3 is 12.0 Å². The van der Waals surface area contributed by atoms with Crippen LogP contribution in [0.1, 0.15) is 5.56 Å². The SMILES string of the molecule is COC(CNC(=O)Nc1ccccc1C#N)C(=O)O. The molecular weight excluding hydrogens is 250 g/mol. The Morgan fingerprint density at radius 3 is 2.74 bits per heavy atom. The van der Waals surface area contributed by atoms with Gasteiger partial charge in [-0.1, -0.05) is 12.1 Å². The van der Waals surface area contributed by atoms with Crippen LogP contribution in [-0.4, -0.2) is 36.9 Å². The summed E-state index contributed by atoms with van der Waals surface area (Å²) in [5, 5.41) is 22.4. The number of carboxylic acid groups (broad SMARTS) is 1. The van der Waals surface area contributed by atoms with E-state index in [2.05, 4.69) is 15.4 Å². The molecule has 1 atom stereocenters. The average Bonchev–Trinajstić information content (AvgIpc) is 2.39. The van der Waals surface area contributed by atoms with Crippen molar-refractivity contribution in [1.29, 1.82) is 5.26 Å². The summed E-state index contributed by atoms with van der Waals surface area (Å²) in [7, 11) is 1.24. The summed E-state index contributed by atoms with van der Waals surface area (Å²) in [5.74, 6) is -1.17. The number of anilines is 1. The highest BCUT2D eigenvalue weighted by atomic mass is 16.5. The van der Waals surface area contributed by atoms with Crippen LogP contribution >= 0.6 is 0 Å². The van der Waals surface area contributed by atoms with Crippen LogP contribution in [0, 0.1) is 11.3 Å². The number of urea groups is 1. The number of carbonyl (C=O) groups excluding carboxylic acids is 1. The molecule has 7 nitrogen and oxygen atoms in total. The Hall–Kier alpha value is -2.59. The summed E-state index contributed by atoms with van der Waals surface area (Å²) < 4.78 is 4.66. The first-order valence-corrected chi connectivity index (χ1v) is 5.38. The van der Waals surface area contributed by atoms with E-state index in [-0.39, 0.29) is 6.54 Å². The molecule has 0 saturated heterocycles. The van der Waals surface area contributed by atoms with E-state index in [1.54, 1.807) is 24.3 Å². The van der Waals surface area contributed by atoms with Crippen LogP contribution in [0.4, 0.5) is 10.5 Å². The third-order valence-corrected chi connectivity index (χ3v) is 2.30. The van der Waals surface area contributed by atoms with Gasteiger partial charge in [-0.3, -0.25) is 0 Å². The highest BCUT2D eigenvalue weighted by molar-refractivity contribution is 5.91. The third-order valence-electron chi connectivity index (χ3n) is 2.30. The maximum atomic E-state index is 11.5. The number of hydrogen-bond acceptors (Lipinski definition) is 4. The first kappa shape index (κ1) is 14.5. The molecule has 1 rings (SSSR count). The Bertz CT molecular complexity index is 510. The maximum absolute atomic E-state index is 11.5. The molecule has 0 fully saturated rings. The molecule has 0 heterocycles. The van der Waals surface area contributed by atoms with Gasteiger partial charge in [-0.25, -0.2) is 9.59 Å². The molecule has 0 bridgehead atoms. The highest BCUT2D eigenvalue weighted by Crippen LogP contribution is 2.12. The Morgan fingerprint density at radius 2 is 2.16 bits per heavy atom. The molecule has 0 saturated carbocycles. The zero-order valence-electron chi connectivity index (χ0n) is 10.2. The van der Waals surface area contributed by atoms with Gasteiger partial charge in [0.2, 0.25) is 0 Å². The van der Waals surface area contributed by atoms with Gasteiger partial charge in [0, 0.05) is 7.11 Å². The zero-order chi connectivity index (χ0) is 14.3. The molecule has 1 unspecified atom stereocenters. The number of nitriles is 1. The first-order valence-electron chi connectivity index (χ1n) is 5.38. The Labute approximate surface area is 109 Å². The van der Waals surface area contributed by atoms with Crippen molar-refractivity contribution in [3.63, 3.8) is 0 Å². The number of methoxy groups -OCH3 is 1. The number of aliphatic carboxylic acids is 1. The number of ether oxygens (including phenoxy) is 1. The molecule has 0 aromatic heterocycles. The summed E-state index contributed by atoms with van der Waals surface area (Å²) in [6.07, 6.45) is -1.11. The summed E-state index contributed by atoms with van der Waals surface area (Å²) >= 11 is 0. The third kappa shape index (κ3) is 4.29. The van der Waals surface area contributed by atoms with Gasteiger partial charge in [0.15, 0.2) is 6.10 Å². The molecule has 19 heavy (non-hydrogen) atoms. The van der Waals surface area contributed by atoms with Crippen LogP contribution in [0.15, 0.2) is 24.3 Å².